The SMILES string of the molecule is C1=CC(c2ccc(-n3c4c(c5cc(-c6ccc7c(c6)c6ccccc6n7C6Nc7c(oc8ccccc78)C(c7ccccc7)N6)ccc53)CCC=C4)cc2)=CCC1. The smallest absolute Gasteiger partial charge is 0.160 e. The van der Waals surface area contributed by atoms with E-state index in [1.54, 1.807) is 0 Å². The van der Waals surface area contributed by atoms with Crippen LogP contribution in [-0.4, -0.2) is 9.13 Å². The summed E-state index contributed by atoms with van der Waals surface area (Å²) in [5.41, 5.74) is 15.7. The summed E-state index contributed by atoms with van der Waals surface area (Å²) >= 11 is 0. The first-order chi connectivity index (χ1) is 28.3. The third-order valence-corrected chi connectivity index (χ3v) is 12.3. The number of nitrogens with zero attached hydrogens (tertiary/aromatic N) is 2. The number of para-hydroxylation sites is 2. The molecule has 4 heterocycles. The molecule has 9 aromatic rings. The number of aromatic nitrogens is 2. The molecule has 3 aliphatic rings. The molecule has 0 amide bonds. The highest BCUT2D eigenvalue weighted by Gasteiger charge is 2.34. The molecule has 2 N–H and O–H groups in total. The number of fused-ring (bicyclic) bond motifs is 9. The van der Waals surface area contributed by atoms with Crippen molar-refractivity contribution in [2.75, 3.05) is 5.32 Å². The molecule has 2 unspecified atom stereocenters. The van der Waals surface area contributed by atoms with E-state index in [2.05, 4.69) is 184 Å². The Bertz CT molecular complexity index is 3130. The summed E-state index contributed by atoms with van der Waals surface area (Å²) in [4.78, 5) is 0. The Balaban J connectivity index is 0.967. The van der Waals surface area contributed by atoms with Gasteiger partial charge in [-0.2, -0.15) is 0 Å². The summed E-state index contributed by atoms with van der Waals surface area (Å²) in [5, 5.41) is 12.7. The molecule has 57 heavy (non-hydrogen) atoms. The van der Waals surface area contributed by atoms with Gasteiger partial charge in [0.2, 0.25) is 0 Å². The molecule has 5 heteroatoms. The first-order valence-corrected chi connectivity index (χ1v) is 20.2. The quantitative estimate of drug-likeness (QED) is 0.185. The maximum Gasteiger partial charge on any atom is 0.160 e. The van der Waals surface area contributed by atoms with Gasteiger partial charge in [-0.1, -0.05) is 109 Å². The molecule has 2 aliphatic carbocycles. The molecule has 0 spiro atoms. The normalized spacial score (nSPS) is 17.6. The zero-order valence-electron chi connectivity index (χ0n) is 31.5. The number of benzene rings is 6. The lowest BCUT2D eigenvalue weighted by atomic mass is 9.97. The molecule has 0 bridgehead atoms. The van der Waals surface area contributed by atoms with E-state index in [-0.39, 0.29) is 12.3 Å². The fourth-order valence-corrected chi connectivity index (χ4v) is 9.65. The van der Waals surface area contributed by atoms with Gasteiger partial charge in [-0.3, -0.25) is 5.32 Å². The van der Waals surface area contributed by atoms with E-state index in [0.29, 0.717) is 0 Å². The van der Waals surface area contributed by atoms with Gasteiger partial charge in [-0.05, 0) is 120 Å². The van der Waals surface area contributed by atoms with E-state index < -0.39 is 0 Å². The Kier molecular flexibility index (Phi) is 7.32. The summed E-state index contributed by atoms with van der Waals surface area (Å²) in [5.74, 6) is 0.912. The fraction of sp³-hybridized carbons (Fsp3) is 0.115. The highest BCUT2D eigenvalue weighted by atomic mass is 16.3. The molecular formula is C52H40N4O. The molecule has 5 nitrogen and oxygen atoms in total. The number of furan rings is 1. The van der Waals surface area contributed by atoms with Crippen molar-refractivity contribution < 1.29 is 4.42 Å². The van der Waals surface area contributed by atoms with Crippen molar-refractivity contribution in [3.63, 3.8) is 0 Å². The van der Waals surface area contributed by atoms with Crippen LogP contribution in [0, 0.1) is 0 Å². The van der Waals surface area contributed by atoms with Gasteiger partial charge >= 0.3 is 0 Å². The van der Waals surface area contributed by atoms with Crippen LogP contribution in [0.1, 0.15) is 59.7 Å². The van der Waals surface area contributed by atoms with Crippen LogP contribution in [0.5, 0.6) is 0 Å². The van der Waals surface area contributed by atoms with Crippen LogP contribution in [-0.2, 0) is 6.42 Å². The van der Waals surface area contributed by atoms with Gasteiger partial charge in [0.25, 0.3) is 0 Å². The van der Waals surface area contributed by atoms with Crippen LogP contribution in [0.2, 0.25) is 0 Å². The summed E-state index contributed by atoms with van der Waals surface area (Å²) in [6, 6.07) is 50.8. The monoisotopic (exact) mass is 736 g/mol. The number of hydrogen-bond acceptors (Lipinski definition) is 3. The van der Waals surface area contributed by atoms with E-state index in [0.717, 1.165) is 48.1 Å². The predicted molar refractivity (Wildman–Crippen MR) is 236 cm³/mol. The second kappa shape index (κ2) is 12.9. The van der Waals surface area contributed by atoms with E-state index in [1.807, 2.05) is 6.07 Å². The van der Waals surface area contributed by atoms with Gasteiger partial charge < -0.3 is 18.9 Å². The van der Waals surface area contributed by atoms with Crippen molar-refractivity contribution in [2.24, 2.45) is 0 Å². The van der Waals surface area contributed by atoms with Crippen LogP contribution in [0.3, 0.4) is 0 Å². The van der Waals surface area contributed by atoms with Gasteiger partial charge in [-0.25, -0.2) is 0 Å². The highest BCUT2D eigenvalue weighted by Crippen LogP contribution is 2.45. The molecule has 12 rings (SSSR count). The first-order valence-electron chi connectivity index (χ1n) is 20.2. The van der Waals surface area contributed by atoms with Gasteiger partial charge in [0, 0.05) is 32.9 Å². The molecule has 3 aromatic heterocycles. The third-order valence-electron chi connectivity index (χ3n) is 12.3. The fourth-order valence-electron chi connectivity index (χ4n) is 9.65. The first kappa shape index (κ1) is 32.4. The summed E-state index contributed by atoms with van der Waals surface area (Å²) in [7, 11) is 0. The zero-order valence-corrected chi connectivity index (χ0v) is 31.5. The summed E-state index contributed by atoms with van der Waals surface area (Å²) < 4.78 is 11.4. The standard InChI is InChI=1S/C52H40N4O/c1-3-13-33(14-4-1)34-23-27-38(28-24-34)55-44-20-10-7-17-39(44)42-31-36(25-29-46(42)55)37-26-30-47-43(32-37)40-18-8-11-21-45(40)56(47)52-53-49(35-15-5-2-6-16-35)51-50(54-52)41-19-9-12-22-48(41)57-51/h2-3,5-6,8-16,18-32,49,52-54H,1,4,7,17H2. The largest absolute Gasteiger partial charge is 0.457 e. The van der Waals surface area contributed by atoms with E-state index in [4.69, 9.17) is 4.42 Å². The average molecular weight is 737 g/mol. The number of rotatable bonds is 5. The minimum atomic E-state index is -0.224. The van der Waals surface area contributed by atoms with Crippen LogP contribution in [0.4, 0.5) is 5.69 Å². The van der Waals surface area contributed by atoms with E-state index in [1.165, 1.54) is 77.5 Å². The maximum absolute atomic E-state index is 6.54. The lowest BCUT2D eigenvalue weighted by molar-refractivity contribution is 0.371. The van der Waals surface area contributed by atoms with E-state index in [9.17, 15) is 0 Å². The minimum Gasteiger partial charge on any atom is -0.457 e. The Labute approximate surface area is 330 Å². The van der Waals surface area contributed by atoms with Crippen LogP contribution >= 0.6 is 0 Å². The highest BCUT2D eigenvalue weighted by molar-refractivity contribution is 6.10. The number of anilines is 1. The Morgan fingerprint density at radius 2 is 1.30 bits per heavy atom. The second-order valence-corrected chi connectivity index (χ2v) is 15.6. The van der Waals surface area contributed by atoms with Crippen molar-refractivity contribution >= 4 is 61.0 Å². The van der Waals surface area contributed by atoms with Crippen molar-refractivity contribution in [3.8, 4) is 16.8 Å². The number of nitrogens with one attached hydrogen (secondary N) is 2. The van der Waals surface area contributed by atoms with Crippen molar-refractivity contribution in [1.29, 1.82) is 0 Å². The van der Waals surface area contributed by atoms with Gasteiger partial charge in [0.15, 0.2) is 6.29 Å². The zero-order chi connectivity index (χ0) is 37.5. The van der Waals surface area contributed by atoms with Crippen LogP contribution in [0.15, 0.2) is 168 Å². The molecular weight excluding hydrogens is 697 g/mol. The molecule has 2 atom stereocenters. The average Bonchev–Trinajstić information content (AvgIpc) is 3.94. The molecule has 0 saturated carbocycles. The number of aryl methyl sites for hydroxylation is 1. The third kappa shape index (κ3) is 5.12. The van der Waals surface area contributed by atoms with Crippen LogP contribution < -0.4 is 10.6 Å². The summed E-state index contributed by atoms with van der Waals surface area (Å²) in [6.45, 7) is 0. The topological polar surface area (TPSA) is 47.1 Å². The van der Waals surface area contributed by atoms with E-state index >= 15 is 0 Å². The predicted octanol–water partition coefficient (Wildman–Crippen LogP) is 13.1. The Morgan fingerprint density at radius 3 is 2.14 bits per heavy atom. The molecule has 0 saturated heterocycles. The molecule has 6 aromatic carbocycles. The maximum atomic E-state index is 6.54. The molecule has 1 aliphatic heterocycles. The van der Waals surface area contributed by atoms with Crippen molar-refractivity contribution in [1.82, 2.24) is 14.5 Å². The van der Waals surface area contributed by atoms with Gasteiger partial charge in [0.05, 0.1) is 28.3 Å². The molecule has 0 radical (unpaired) electrons. The van der Waals surface area contributed by atoms with Gasteiger partial charge in [-0.15, -0.1) is 0 Å². The second-order valence-electron chi connectivity index (χ2n) is 15.6. The Hall–Kier alpha value is -6.82. The molecule has 0 fully saturated rings. The van der Waals surface area contributed by atoms with Crippen LogP contribution in [0.25, 0.3) is 72.1 Å². The Morgan fingerprint density at radius 1 is 0.579 bits per heavy atom. The van der Waals surface area contributed by atoms with Crippen molar-refractivity contribution in [3.05, 3.63) is 192 Å². The van der Waals surface area contributed by atoms with Gasteiger partial charge in [0.1, 0.15) is 11.3 Å². The minimum absolute atomic E-state index is 0.125. The van der Waals surface area contributed by atoms with Crippen molar-refractivity contribution in [2.45, 2.75) is 38.0 Å². The number of allylic oxidation sites excluding steroid dienone is 5. The number of hydrogen-bond donors (Lipinski definition) is 2. The molecule has 274 valence electrons. The lowest BCUT2D eigenvalue weighted by Crippen LogP contribution is -2.40. The lowest BCUT2D eigenvalue weighted by Gasteiger charge is -2.34. The summed E-state index contributed by atoms with van der Waals surface area (Å²) in [6.07, 6.45) is 15.7.